The molecule has 1 nitrogen and oxygen atoms in total. The third-order valence-corrected chi connectivity index (χ3v) is 2.64. The topological polar surface area (TPSA) is 26.0 Å². The van der Waals surface area contributed by atoms with E-state index in [0.29, 0.717) is 6.42 Å². The number of nitrogens with two attached hydrogens (primary N) is 1. The lowest BCUT2D eigenvalue weighted by molar-refractivity contribution is 0.753. The second-order valence-corrected chi connectivity index (χ2v) is 3.59. The Hall–Kier alpha value is -0.970. The molecule has 2 N–H and O–H groups in total. The predicted octanol–water partition coefficient (Wildman–Crippen LogP) is 3.06. The van der Waals surface area contributed by atoms with Gasteiger partial charge < -0.3 is 5.73 Å². The van der Waals surface area contributed by atoms with Crippen LogP contribution in [0.3, 0.4) is 0 Å². The molecule has 0 radical (unpaired) electrons. The maximum atomic E-state index is 6.14. The number of halogens is 1. The summed E-state index contributed by atoms with van der Waals surface area (Å²) in [6.45, 7) is 3.79. The normalized spacial score (nSPS) is 11.7. The smallest absolute Gasteiger partial charge is 0.0483 e. The molecule has 1 atom stereocenters. The van der Waals surface area contributed by atoms with E-state index >= 15 is 0 Å². The maximum Gasteiger partial charge on any atom is 0.0483 e. The van der Waals surface area contributed by atoms with E-state index in [4.69, 9.17) is 17.3 Å². The summed E-state index contributed by atoms with van der Waals surface area (Å²) in [4.78, 5) is 0. The largest absolute Gasteiger partial charge is 0.323 e. The summed E-state index contributed by atoms with van der Waals surface area (Å²) < 4.78 is 0. The minimum Gasteiger partial charge on any atom is -0.323 e. The molecule has 2 heteroatoms. The van der Waals surface area contributed by atoms with Crippen molar-refractivity contribution in [3.63, 3.8) is 0 Å². The second-order valence-electron chi connectivity index (χ2n) is 3.22. The Balaban J connectivity index is 2.93. The van der Waals surface area contributed by atoms with Crippen molar-refractivity contribution >= 4 is 11.6 Å². The van der Waals surface area contributed by atoms with Crippen molar-refractivity contribution in [2.24, 2.45) is 5.73 Å². The molecule has 0 fully saturated rings. The summed E-state index contributed by atoms with van der Waals surface area (Å²) in [6.07, 6.45) is 0.652. The van der Waals surface area contributed by atoms with Gasteiger partial charge in [-0.2, -0.15) is 0 Å². The van der Waals surface area contributed by atoms with Gasteiger partial charge in [0.25, 0.3) is 0 Å². The highest BCUT2D eigenvalue weighted by Crippen LogP contribution is 2.26. The summed E-state index contributed by atoms with van der Waals surface area (Å²) in [6, 6.07) is 5.81. The quantitative estimate of drug-likeness (QED) is 0.742. The molecule has 74 valence electrons. The van der Waals surface area contributed by atoms with Gasteiger partial charge in [-0.25, -0.2) is 0 Å². The van der Waals surface area contributed by atoms with Crippen LogP contribution < -0.4 is 5.73 Å². The first-order valence-corrected chi connectivity index (χ1v) is 4.94. The number of benzene rings is 1. The molecule has 0 aliphatic rings. The molecule has 0 saturated carbocycles. The summed E-state index contributed by atoms with van der Waals surface area (Å²) in [5, 5.41) is 0.762. The van der Waals surface area contributed by atoms with Crippen molar-refractivity contribution in [2.75, 3.05) is 0 Å². The average Bonchev–Trinajstić information content (AvgIpc) is 2.18. The summed E-state index contributed by atoms with van der Waals surface area (Å²) in [7, 11) is 0. The molecule has 0 aliphatic carbocycles. The standard InChI is InChI=1S/C12H14ClN/c1-3-4-8-11(14)10-7-5-6-9(2)12(10)13/h5-7,11H,8,14H2,1-2H3. The molecule has 0 bridgehead atoms. The number of hydrogen-bond donors (Lipinski definition) is 1. The van der Waals surface area contributed by atoms with Crippen LogP contribution in [0.4, 0.5) is 0 Å². The minimum absolute atomic E-state index is 0.0881. The summed E-state index contributed by atoms with van der Waals surface area (Å²) in [5.74, 6) is 5.79. The highest BCUT2D eigenvalue weighted by atomic mass is 35.5. The van der Waals surface area contributed by atoms with Gasteiger partial charge in [-0.1, -0.05) is 29.8 Å². The lowest BCUT2D eigenvalue weighted by Crippen LogP contribution is -2.10. The van der Waals surface area contributed by atoms with Crippen LogP contribution in [-0.2, 0) is 0 Å². The van der Waals surface area contributed by atoms with Crippen molar-refractivity contribution in [3.8, 4) is 11.8 Å². The molecule has 1 unspecified atom stereocenters. The number of aryl methyl sites for hydroxylation is 1. The van der Waals surface area contributed by atoms with E-state index in [9.17, 15) is 0 Å². The van der Waals surface area contributed by atoms with Gasteiger partial charge in [0.1, 0.15) is 0 Å². The van der Waals surface area contributed by atoms with Crippen LogP contribution in [0.2, 0.25) is 5.02 Å². The zero-order chi connectivity index (χ0) is 10.6. The minimum atomic E-state index is -0.0881. The first kappa shape index (κ1) is 11.1. The molecule has 1 aromatic carbocycles. The molecular formula is C12H14ClN. The Morgan fingerprint density at radius 3 is 2.86 bits per heavy atom. The van der Waals surface area contributed by atoms with Gasteiger partial charge in [-0.15, -0.1) is 11.8 Å². The van der Waals surface area contributed by atoms with Gasteiger partial charge in [0, 0.05) is 17.5 Å². The van der Waals surface area contributed by atoms with Crippen molar-refractivity contribution in [2.45, 2.75) is 26.3 Å². The second kappa shape index (κ2) is 5.05. The van der Waals surface area contributed by atoms with Gasteiger partial charge in [0.2, 0.25) is 0 Å². The zero-order valence-corrected chi connectivity index (χ0v) is 9.23. The molecule has 0 aliphatic heterocycles. The van der Waals surface area contributed by atoms with Crippen LogP contribution in [0.25, 0.3) is 0 Å². The fraction of sp³-hybridized carbons (Fsp3) is 0.333. The Morgan fingerprint density at radius 2 is 2.21 bits per heavy atom. The van der Waals surface area contributed by atoms with Crippen LogP contribution in [0.5, 0.6) is 0 Å². The summed E-state index contributed by atoms with van der Waals surface area (Å²) >= 11 is 6.14. The van der Waals surface area contributed by atoms with E-state index < -0.39 is 0 Å². The fourth-order valence-electron chi connectivity index (χ4n) is 1.28. The van der Waals surface area contributed by atoms with Crippen molar-refractivity contribution in [1.29, 1.82) is 0 Å². The van der Waals surface area contributed by atoms with Crippen LogP contribution >= 0.6 is 11.6 Å². The van der Waals surface area contributed by atoms with Gasteiger partial charge >= 0.3 is 0 Å². The lowest BCUT2D eigenvalue weighted by atomic mass is 10.0. The van der Waals surface area contributed by atoms with Gasteiger partial charge in [0.15, 0.2) is 0 Å². The third-order valence-electron chi connectivity index (χ3n) is 2.12. The Kier molecular flexibility index (Phi) is 4.00. The molecule has 0 saturated heterocycles. The maximum absolute atomic E-state index is 6.14. The van der Waals surface area contributed by atoms with E-state index in [1.54, 1.807) is 0 Å². The molecule has 1 aromatic rings. The van der Waals surface area contributed by atoms with Crippen LogP contribution in [0.15, 0.2) is 18.2 Å². The Labute approximate surface area is 90.3 Å². The third kappa shape index (κ3) is 2.51. The molecule has 0 aromatic heterocycles. The monoisotopic (exact) mass is 207 g/mol. The predicted molar refractivity (Wildman–Crippen MR) is 61.2 cm³/mol. The first-order valence-electron chi connectivity index (χ1n) is 4.57. The number of rotatable bonds is 2. The molecule has 0 amide bonds. The van der Waals surface area contributed by atoms with Crippen molar-refractivity contribution < 1.29 is 0 Å². The zero-order valence-electron chi connectivity index (χ0n) is 8.47. The van der Waals surface area contributed by atoms with E-state index in [2.05, 4.69) is 11.8 Å². The Bertz CT molecular complexity index is 374. The highest BCUT2D eigenvalue weighted by Gasteiger charge is 2.09. The van der Waals surface area contributed by atoms with E-state index in [1.165, 1.54) is 0 Å². The molecule has 14 heavy (non-hydrogen) atoms. The van der Waals surface area contributed by atoms with Crippen LogP contribution in [0.1, 0.15) is 30.5 Å². The van der Waals surface area contributed by atoms with Crippen molar-refractivity contribution in [1.82, 2.24) is 0 Å². The fourth-order valence-corrected chi connectivity index (χ4v) is 1.54. The SMILES string of the molecule is CC#CCC(N)c1cccc(C)c1Cl. The molecule has 1 rings (SSSR count). The average molecular weight is 208 g/mol. The first-order chi connectivity index (χ1) is 6.66. The van der Waals surface area contributed by atoms with Gasteiger partial charge in [-0.3, -0.25) is 0 Å². The molecule has 0 heterocycles. The van der Waals surface area contributed by atoms with Crippen LogP contribution in [-0.4, -0.2) is 0 Å². The lowest BCUT2D eigenvalue weighted by Gasteiger charge is -2.11. The van der Waals surface area contributed by atoms with E-state index in [1.807, 2.05) is 32.0 Å². The van der Waals surface area contributed by atoms with Gasteiger partial charge in [-0.05, 0) is 25.0 Å². The summed E-state index contributed by atoms with van der Waals surface area (Å²) in [5.41, 5.74) is 8.00. The highest BCUT2D eigenvalue weighted by molar-refractivity contribution is 6.32. The molecule has 0 spiro atoms. The Morgan fingerprint density at radius 1 is 1.50 bits per heavy atom. The van der Waals surface area contributed by atoms with Gasteiger partial charge in [0.05, 0.1) is 0 Å². The van der Waals surface area contributed by atoms with E-state index in [-0.39, 0.29) is 6.04 Å². The van der Waals surface area contributed by atoms with Crippen molar-refractivity contribution in [3.05, 3.63) is 34.3 Å². The number of hydrogen-bond acceptors (Lipinski definition) is 1. The van der Waals surface area contributed by atoms with Crippen LogP contribution in [0, 0.1) is 18.8 Å². The van der Waals surface area contributed by atoms with E-state index in [0.717, 1.165) is 16.1 Å². The molecular weight excluding hydrogens is 194 g/mol.